The zero-order valence-electron chi connectivity index (χ0n) is 24.4. The Morgan fingerprint density at radius 1 is 0.919 bits per heavy atom. The summed E-state index contributed by atoms with van der Waals surface area (Å²) >= 11 is 0. The number of aliphatic carboxylic acids is 1. The Kier molecular flexibility index (Phi) is 5.95. The normalized spacial score (nSPS) is 49.9. The highest BCUT2D eigenvalue weighted by atomic mass is 16.6. The van der Waals surface area contributed by atoms with Gasteiger partial charge in [0.1, 0.15) is 6.10 Å². The summed E-state index contributed by atoms with van der Waals surface area (Å²) in [4.78, 5) is 24.7. The number of ether oxygens (including phenoxy) is 1. The van der Waals surface area contributed by atoms with Gasteiger partial charge in [-0.15, -0.1) is 0 Å². The van der Waals surface area contributed by atoms with E-state index in [0.717, 1.165) is 51.4 Å². The lowest BCUT2D eigenvalue weighted by molar-refractivity contribution is -0.239. The molecule has 4 saturated carbocycles. The van der Waals surface area contributed by atoms with Crippen LogP contribution in [0.15, 0.2) is 11.6 Å². The average molecular weight is 515 g/mol. The second kappa shape index (κ2) is 8.08. The maximum absolute atomic E-state index is 12.8. The van der Waals surface area contributed by atoms with Crippen LogP contribution in [0.4, 0.5) is 0 Å². The zero-order chi connectivity index (χ0) is 27.4. The molecule has 9 atom stereocenters. The van der Waals surface area contributed by atoms with E-state index in [-0.39, 0.29) is 39.0 Å². The van der Waals surface area contributed by atoms with Gasteiger partial charge in [-0.05, 0) is 97.2 Å². The molecule has 5 aliphatic rings. The number of fused-ring (bicyclic) bond motifs is 7. The van der Waals surface area contributed by atoms with Crippen LogP contribution in [0, 0.1) is 50.2 Å². The number of aliphatic hydroxyl groups excluding tert-OH is 1. The maximum Gasteiger partial charge on any atom is 0.310 e. The van der Waals surface area contributed by atoms with E-state index < -0.39 is 23.6 Å². The lowest BCUT2D eigenvalue weighted by atomic mass is 9.33. The van der Waals surface area contributed by atoms with Crippen LogP contribution in [0.3, 0.4) is 0 Å². The van der Waals surface area contributed by atoms with Crippen LogP contribution in [0.5, 0.6) is 0 Å². The van der Waals surface area contributed by atoms with Gasteiger partial charge in [0.2, 0.25) is 0 Å². The Bertz CT molecular complexity index is 1030. The van der Waals surface area contributed by atoms with Crippen molar-refractivity contribution in [1.82, 2.24) is 0 Å². The van der Waals surface area contributed by atoms with Gasteiger partial charge in [0.15, 0.2) is 0 Å². The van der Waals surface area contributed by atoms with E-state index in [4.69, 9.17) is 4.74 Å². The monoisotopic (exact) mass is 514 g/mol. The van der Waals surface area contributed by atoms with E-state index in [1.165, 1.54) is 12.5 Å². The van der Waals surface area contributed by atoms with Crippen molar-refractivity contribution < 1.29 is 24.5 Å². The van der Waals surface area contributed by atoms with Gasteiger partial charge in [0, 0.05) is 12.3 Å². The summed E-state index contributed by atoms with van der Waals surface area (Å²) in [5, 5.41) is 21.9. The molecule has 0 saturated heterocycles. The van der Waals surface area contributed by atoms with E-state index in [0.29, 0.717) is 18.3 Å². The Labute approximate surface area is 223 Å². The number of allylic oxidation sites excluding steroid dienone is 2. The van der Waals surface area contributed by atoms with Crippen molar-refractivity contribution in [2.24, 2.45) is 50.2 Å². The number of aliphatic hydroxyl groups is 1. The summed E-state index contributed by atoms with van der Waals surface area (Å²) in [7, 11) is 0. The van der Waals surface area contributed by atoms with Crippen LogP contribution >= 0.6 is 0 Å². The number of esters is 1. The van der Waals surface area contributed by atoms with Crippen LogP contribution in [0.2, 0.25) is 0 Å². The van der Waals surface area contributed by atoms with Gasteiger partial charge in [-0.25, -0.2) is 0 Å². The molecule has 0 spiro atoms. The summed E-state index contributed by atoms with van der Waals surface area (Å²) in [6.45, 7) is 17.8. The number of carboxylic acids is 1. The summed E-state index contributed by atoms with van der Waals surface area (Å²) in [6.07, 6.45) is 9.46. The molecule has 4 fully saturated rings. The molecule has 0 aromatic heterocycles. The Balaban J connectivity index is 1.57. The van der Waals surface area contributed by atoms with E-state index in [2.05, 4.69) is 54.5 Å². The molecule has 5 heteroatoms. The minimum absolute atomic E-state index is 0.0389. The van der Waals surface area contributed by atoms with Crippen molar-refractivity contribution in [3.63, 3.8) is 0 Å². The number of carboxylic acid groups (broad SMARTS) is 1. The number of hydrogen-bond acceptors (Lipinski definition) is 4. The van der Waals surface area contributed by atoms with Gasteiger partial charge in [-0.3, -0.25) is 9.59 Å². The van der Waals surface area contributed by atoms with E-state index in [1.807, 2.05) is 0 Å². The summed E-state index contributed by atoms with van der Waals surface area (Å²) in [5.74, 6) is -0.0583. The molecule has 0 bridgehead atoms. The molecule has 0 unspecified atom stereocenters. The highest BCUT2D eigenvalue weighted by molar-refractivity contribution is 5.76. The largest absolute Gasteiger partial charge is 0.481 e. The van der Waals surface area contributed by atoms with Crippen LogP contribution in [0.25, 0.3) is 0 Å². The van der Waals surface area contributed by atoms with Crippen molar-refractivity contribution >= 4 is 11.9 Å². The van der Waals surface area contributed by atoms with E-state index >= 15 is 0 Å². The predicted octanol–water partition coefficient (Wildman–Crippen LogP) is 6.78. The van der Waals surface area contributed by atoms with Crippen molar-refractivity contribution in [1.29, 1.82) is 0 Å². The predicted molar refractivity (Wildman–Crippen MR) is 144 cm³/mol. The molecule has 5 aliphatic carbocycles. The first-order chi connectivity index (χ1) is 16.9. The lowest BCUT2D eigenvalue weighted by Gasteiger charge is -2.71. The fraction of sp³-hybridized carbons (Fsp3) is 0.875. The summed E-state index contributed by atoms with van der Waals surface area (Å²) in [6, 6.07) is 0. The molecule has 5 rings (SSSR count). The number of carbonyl (C=O) groups is 2. The average Bonchev–Trinajstić information content (AvgIpc) is 2.76. The van der Waals surface area contributed by atoms with Crippen molar-refractivity contribution in [3.05, 3.63) is 11.6 Å². The van der Waals surface area contributed by atoms with Crippen molar-refractivity contribution in [3.8, 4) is 0 Å². The molecule has 37 heavy (non-hydrogen) atoms. The second-order valence-corrected chi connectivity index (χ2v) is 15.8. The van der Waals surface area contributed by atoms with Gasteiger partial charge in [-0.1, -0.05) is 60.1 Å². The SMILES string of the molecule is CC(=O)O[C@H]1[C@H](O)C[C@@]2(C)[C@H](CC[C@]3(C)[C@H]2CC=C2[C@H]4CC(C)(C)CC[C@]4(C(=O)O)CC[C@]23C)C1(C)C. The molecule has 0 aliphatic heterocycles. The van der Waals surface area contributed by atoms with Gasteiger partial charge >= 0.3 is 11.9 Å². The van der Waals surface area contributed by atoms with Crippen LogP contribution < -0.4 is 0 Å². The quantitative estimate of drug-likeness (QED) is 0.314. The zero-order valence-corrected chi connectivity index (χ0v) is 24.4. The number of carbonyl (C=O) groups excluding carboxylic acids is 1. The third kappa shape index (κ3) is 3.50. The molecule has 2 N–H and O–H groups in total. The van der Waals surface area contributed by atoms with Gasteiger partial charge in [0.25, 0.3) is 0 Å². The van der Waals surface area contributed by atoms with Gasteiger partial charge < -0.3 is 14.9 Å². The highest BCUT2D eigenvalue weighted by Crippen LogP contribution is 2.75. The van der Waals surface area contributed by atoms with Crippen LogP contribution in [-0.2, 0) is 14.3 Å². The fourth-order valence-electron chi connectivity index (χ4n) is 11.2. The van der Waals surface area contributed by atoms with Crippen molar-refractivity contribution in [2.45, 2.75) is 125 Å². The van der Waals surface area contributed by atoms with Crippen LogP contribution in [0.1, 0.15) is 113 Å². The van der Waals surface area contributed by atoms with E-state index in [9.17, 15) is 19.8 Å². The molecule has 0 amide bonds. The first kappa shape index (κ1) is 27.2. The number of rotatable bonds is 2. The molecule has 5 nitrogen and oxygen atoms in total. The van der Waals surface area contributed by atoms with Gasteiger partial charge in [-0.2, -0.15) is 0 Å². The Morgan fingerprint density at radius 3 is 2.19 bits per heavy atom. The van der Waals surface area contributed by atoms with E-state index in [1.54, 1.807) is 0 Å². The third-order valence-corrected chi connectivity index (χ3v) is 13.3. The first-order valence-corrected chi connectivity index (χ1v) is 14.7. The maximum atomic E-state index is 12.8. The highest BCUT2D eigenvalue weighted by Gasteiger charge is 2.70. The molecule has 0 aromatic carbocycles. The lowest BCUT2D eigenvalue weighted by Crippen LogP contribution is -2.67. The molecular formula is C32H50O5. The molecule has 0 radical (unpaired) electrons. The molecule has 0 heterocycles. The topological polar surface area (TPSA) is 83.8 Å². The smallest absolute Gasteiger partial charge is 0.310 e. The van der Waals surface area contributed by atoms with Crippen molar-refractivity contribution in [2.75, 3.05) is 0 Å². The Morgan fingerprint density at radius 2 is 1.57 bits per heavy atom. The molecular weight excluding hydrogens is 464 g/mol. The first-order valence-electron chi connectivity index (χ1n) is 14.7. The van der Waals surface area contributed by atoms with Crippen LogP contribution in [-0.4, -0.2) is 34.4 Å². The fourth-order valence-corrected chi connectivity index (χ4v) is 11.2. The van der Waals surface area contributed by atoms with Gasteiger partial charge in [0.05, 0.1) is 11.5 Å². The Hall–Kier alpha value is -1.36. The number of hydrogen-bond donors (Lipinski definition) is 2. The minimum Gasteiger partial charge on any atom is -0.481 e. The summed E-state index contributed by atoms with van der Waals surface area (Å²) < 4.78 is 5.74. The molecule has 208 valence electrons. The summed E-state index contributed by atoms with van der Waals surface area (Å²) in [5.41, 5.74) is 0.580. The standard InChI is InChI=1S/C32H50O5/c1-19(33)37-25-22(34)18-29(6)23(28(25,4)5)11-12-31(8)24(29)10-9-20-21-17-27(2,3)13-15-32(21,26(35)36)16-14-30(20,31)7/h9,21-25,34H,10-18H2,1-8H3,(H,35,36)/t21-,22-,23-,24+,25+,29+,30-,31-,32+/m1/s1. The second-order valence-electron chi connectivity index (χ2n) is 15.8. The molecule has 0 aromatic rings. The minimum atomic E-state index is -0.675. The third-order valence-electron chi connectivity index (χ3n) is 13.3.